The lowest BCUT2D eigenvalue weighted by Crippen LogP contribution is -2.42. The molecular weight excluding hydrogens is 164 g/mol. The first kappa shape index (κ1) is 11.1. The van der Waals surface area contributed by atoms with E-state index in [9.17, 15) is 0 Å². The molecule has 0 N–H and O–H groups in total. The van der Waals surface area contributed by atoms with Crippen LogP contribution >= 0.6 is 0 Å². The molecule has 2 radical (unpaired) electrons. The Kier molecular flexibility index (Phi) is 5.70. The van der Waals surface area contributed by atoms with Gasteiger partial charge in [-0.25, -0.2) is 0 Å². The van der Waals surface area contributed by atoms with Crippen LogP contribution in [0.4, 0.5) is 0 Å². The molecule has 11 heavy (non-hydrogen) atoms. The zero-order chi connectivity index (χ0) is 8.74. The monoisotopic (exact) mass is 178 g/mol. The summed E-state index contributed by atoms with van der Waals surface area (Å²) in [5.74, 6) is -1.03. The van der Waals surface area contributed by atoms with Gasteiger partial charge in [0.25, 0.3) is 5.97 Å². The fraction of sp³-hybridized carbons (Fsp3) is 1.00. The molecule has 66 valence electrons. The van der Waals surface area contributed by atoms with E-state index in [0.717, 1.165) is 0 Å². The van der Waals surface area contributed by atoms with E-state index in [1.54, 1.807) is 7.11 Å². The number of hydrogen-bond acceptors (Lipinski definition) is 4. The molecule has 0 unspecified atom stereocenters. The molecule has 5 heteroatoms. The summed E-state index contributed by atoms with van der Waals surface area (Å²) in [5, 5.41) is 0. The minimum atomic E-state index is -1.03. The second-order valence-corrected chi connectivity index (χ2v) is 2.44. The van der Waals surface area contributed by atoms with Crippen LogP contribution in [0.15, 0.2) is 0 Å². The zero-order valence-corrected chi connectivity index (χ0v) is 8.34. The van der Waals surface area contributed by atoms with Crippen LogP contribution in [0.25, 0.3) is 0 Å². The third kappa shape index (κ3) is 3.30. The highest BCUT2D eigenvalue weighted by Crippen LogP contribution is 2.12. The van der Waals surface area contributed by atoms with Gasteiger partial charge in [-0.2, -0.15) is 0 Å². The van der Waals surface area contributed by atoms with E-state index in [0.29, 0.717) is 9.76 Å². The first-order valence-electron chi connectivity index (χ1n) is 3.18. The lowest BCUT2D eigenvalue weighted by Gasteiger charge is -2.28. The van der Waals surface area contributed by atoms with Crippen LogP contribution < -0.4 is 0 Å². The van der Waals surface area contributed by atoms with Crippen molar-refractivity contribution in [2.24, 2.45) is 0 Å². The molecule has 0 saturated heterocycles. The first-order valence-corrected chi connectivity index (χ1v) is 4.59. The predicted octanol–water partition coefficient (Wildman–Crippen LogP) is 0.263. The molecule has 0 saturated carbocycles. The lowest BCUT2D eigenvalue weighted by molar-refractivity contribution is -0.339. The van der Waals surface area contributed by atoms with Gasteiger partial charge in [-0.3, -0.25) is 0 Å². The van der Waals surface area contributed by atoms with E-state index >= 15 is 0 Å². The quantitative estimate of drug-likeness (QED) is 0.432. The SMILES string of the molecule is COCC(OC)(OC)O[Si]C. The van der Waals surface area contributed by atoms with Crippen molar-refractivity contribution in [2.75, 3.05) is 27.9 Å². The molecule has 0 atom stereocenters. The van der Waals surface area contributed by atoms with Crippen molar-refractivity contribution in [1.29, 1.82) is 0 Å². The third-order valence-corrected chi connectivity index (χ3v) is 1.72. The van der Waals surface area contributed by atoms with Gasteiger partial charge in [-0.1, -0.05) is 0 Å². The maximum absolute atomic E-state index is 5.23. The topological polar surface area (TPSA) is 36.9 Å². The molecule has 0 aromatic carbocycles. The summed E-state index contributed by atoms with van der Waals surface area (Å²) in [4.78, 5) is 0. The molecule has 0 aliphatic carbocycles. The van der Waals surface area contributed by atoms with Gasteiger partial charge in [0.2, 0.25) is 9.76 Å². The lowest BCUT2D eigenvalue weighted by atomic mass is 10.6. The van der Waals surface area contributed by atoms with Gasteiger partial charge in [0.05, 0.1) is 0 Å². The van der Waals surface area contributed by atoms with E-state index in [4.69, 9.17) is 18.6 Å². The Hall–Kier alpha value is 0.0569. The number of rotatable bonds is 6. The van der Waals surface area contributed by atoms with Crippen molar-refractivity contribution < 1.29 is 18.6 Å². The average Bonchev–Trinajstić information content (AvgIpc) is 2.04. The Morgan fingerprint density at radius 3 is 2.00 bits per heavy atom. The van der Waals surface area contributed by atoms with E-state index in [1.807, 2.05) is 6.55 Å². The molecular formula is C6H14O4Si. The van der Waals surface area contributed by atoms with Crippen molar-refractivity contribution in [3.8, 4) is 0 Å². The van der Waals surface area contributed by atoms with Gasteiger partial charge < -0.3 is 18.6 Å². The molecule has 4 nitrogen and oxygen atoms in total. The molecule has 0 amide bonds. The van der Waals surface area contributed by atoms with Crippen LogP contribution in [0.5, 0.6) is 0 Å². The highest BCUT2D eigenvalue weighted by atomic mass is 28.2. The summed E-state index contributed by atoms with van der Waals surface area (Å²) in [5.41, 5.74) is 0. The Morgan fingerprint density at radius 1 is 1.18 bits per heavy atom. The van der Waals surface area contributed by atoms with Crippen LogP contribution in [0.3, 0.4) is 0 Å². The summed E-state index contributed by atoms with van der Waals surface area (Å²) >= 11 is 0. The fourth-order valence-corrected chi connectivity index (χ4v) is 1.18. The number of ether oxygens (including phenoxy) is 3. The number of hydrogen-bond donors (Lipinski definition) is 0. The molecule has 0 aromatic heterocycles. The van der Waals surface area contributed by atoms with E-state index in [2.05, 4.69) is 0 Å². The Balaban J connectivity index is 3.96. The van der Waals surface area contributed by atoms with Gasteiger partial charge >= 0.3 is 0 Å². The van der Waals surface area contributed by atoms with Crippen LogP contribution in [0.1, 0.15) is 0 Å². The largest absolute Gasteiger partial charge is 0.376 e. The molecule has 0 heterocycles. The normalized spacial score (nSPS) is 12.0. The second-order valence-electron chi connectivity index (χ2n) is 1.83. The van der Waals surface area contributed by atoms with Crippen molar-refractivity contribution in [2.45, 2.75) is 12.5 Å². The molecule has 0 bridgehead atoms. The van der Waals surface area contributed by atoms with Crippen molar-refractivity contribution >= 4 is 9.76 Å². The van der Waals surface area contributed by atoms with Gasteiger partial charge in [-0.15, -0.1) is 0 Å². The predicted molar refractivity (Wildman–Crippen MR) is 41.3 cm³/mol. The van der Waals surface area contributed by atoms with Crippen molar-refractivity contribution in [3.63, 3.8) is 0 Å². The molecule has 0 aromatic rings. The molecule has 0 aliphatic heterocycles. The Morgan fingerprint density at radius 2 is 1.73 bits per heavy atom. The Labute approximate surface area is 69.7 Å². The summed E-state index contributed by atoms with van der Waals surface area (Å²) in [6.45, 7) is 2.16. The average molecular weight is 178 g/mol. The standard InChI is InChI=1S/C6H14O4Si/c1-7-5-6(8-2,9-3)10-11-4/h5H2,1-4H3. The molecule has 0 aliphatic rings. The fourth-order valence-electron chi connectivity index (χ4n) is 0.646. The highest BCUT2D eigenvalue weighted by molar-refractivity contribution is 6.24. The third-order valence-electron chi connectivity index (χ3n) is 1.20. The second kappa shape index (κ2) is 5.67. The van der Waals surface area contributed by atoms with E-state index < -0.39 is 5.97 Å². The molecule has 0 fully saturated rings. The van der Waals surface area contributed by atoms with Gasteiger partial charge in [0.1, 0.15) is 6.61 Å². The Bertz CT molecular complexity index is 86.6. The van der Waals surface area contributed by atoms with Crippen LogP contribution in [0, 0.1) is 0 Å². The van der Waals surface area contributed by atoms with Gasteiger partial charge in [0, 0.05) is 21.3 Å². The van der Waals surface area contributed by atoms with Crippen LogP contribution in [0.2, 0.25) is 6.55 Å². The summed E-state index contributed by atoms with van der Waals surface area (Å²) in [6.07, 6.45) is 0. The minimum absolute atomic E-state index is 0.265. The number of methoxy groups -OCH3 is 3. The van der Waals surface area contributed by atoms with Gasteiger partial charge in [0.15, 0.2) is 0 Å². The van der Waals surface area contributed by atoms with Crippen molar-refractivity contribution in [1.82, 2.24) is 0 Å². The summed E-state index contributed by atoms with van der Waals surface area (Å²) < 4.78 is 20.1. The smallest absolute Gasteiger partial charge is 0.297 e. The van der Waals surface area contributed by atoms with Crippen molar-refractivity contribution in [3.05, 3.63) is 0 Å². The van der Waals surface area contributed by atoms with Crippen LogP contribution in [-0.2, 0) is 18.6 Å². The minimum Gasteiger partial charge on any atom is -0.376 e. The van der Waals surface area contributed by atoms with E-state index in [-0.39, 0.29) is 6.61 Å². The zero-order valence-electron chi connectivity index (χ0n) is 7.34. The first-order chi connectivity index (χ1) is 5.24. The highest BCUT2D eigenvalue weighted by Gasteiger charge is 2.29. The summed E-state index contributed by atoms with van der Waals surface area (Å²) in [6, 6.07) is 0. The maximum Gasteiger partial charge on any atom is 0.297 e. The molecule has 0 spiro atoms. The molecule has 0 rings (SSSR count). The van der Waals surface area contributed by atoms with E-state index in [1.165, 1.54) is 14.2 Å². The summed E-state index contributed by atoms with van der Waals surface area (Å²) in [7, 11) is 4.90. The van der Waals surface area contributed by atoms with Gasteiger partial charge in [-0.05, 0) is 6.55 Å². The van der Waals surface area contributed by atoms with Crippen LogP contribution in [-0.4, -0.2) is 43.7 Å². The maximum atomic E-state index is 5.23.